The Kier molecular flexibility index (Phi) is 4.72. The second kappa shape index (κ2) is 6.80. The van der Waals surface area contributed by atoms with Crippen molar-refractivity contribution >= 4 is 27.7 Å². The minimum atomic E-state index is -2.77. The van der Waals surface area contributed by atoms with E-state index >= 15 is 0 Å². The molecule has 2 aromatic rings. The Labute approximate surface area is 148 Å². The number of nitrogens with zero attached hydrogens (tertiary/aromatic N) is 3. The smallest absolute Gasteiger partial charge is 0.286 e. The monoisotopic (exact) mass is 355 g/mol. The van der Waals surface area contributed by atoms with Crippen molar-refractivity contribution in [2.24, 2.45) is 9.36 Å². The Morgan fingerprint density at radius 3 is 2.60 bits per heavy atom. The van der Waals surface area contributed by atoms with Gasteiger partial charge in [0.25, 0.3) is 5.91 Å². The van der Waals surface area contributed by atoms with E-state index in [0.29, 0.717) is 16.1 Å². The van der Waals surface area contributed by atoms with Crippen LogP contribution >= 0.6 is 0 Å². The van der Waals surface area contributed by atoms with Crippen molar-refractivity contribution in [1.82, 2.24) is 4.90 Å². The average Bonchev–Trinajstić information content (AvgIpc) is 2.85. The van der Waals surface area contributed by atoms with Gasteiger partial charge in [-0.05, 0) is 37.6 Å². The van der Waals surface area contributed by atoms with Gasteiger partial charge in [0.15, 0.2) is 0 Å². The van der Waals surface area contributed by atoms with Crippen molar-refractivity contribution in [3.63, 3.8) is 0 Å². The Hall–Kier alpha value is -2.47. The third kappa shape index (κ3) is 3.64. The number of amides is 1. The second-order valence-corrected chi connectivity index (χ2v) is 8.36. The zero-order valence-electron chi connectivity index (χ0n) is 14.6. The lowest BCUT2D eigenvalue weighted by molar-refractivity contribution is 0.101. The predicted octanol–water partition coefficient (Wildman–Crippen LogP) is 3.79. The lowest BCUT2D eigenvalue weighted by Gasteiger charge is -2.09. The van der Waals surface area contributed by atoms with Gasteiger partial charge in [-0.25, -0.2) is 9.20 Å². The van der Waals surface area contributed by atoms with E-state index in [1.807, 2.05) is 50.1 Å². The minimum Gasteiger partial charge on any atom is -0.366 e. The van der Waals surface area contributed by atoms with E-state index in [9.17, 15) is 9.00 Å². The third-order valence-corrected chi connectivity index (χ3v) is 6.38. The fourth-order valence-corrected chi connectivity index (χ4v) is 4.64. The fraction of sp³-hybridized carbons (Fsp3) is 0.263. The van der Waals surface area contributed by atoms with Crippen LogP contribution in [0.15, 0.2) is 56.7 Å². The molecule has 3 rings (SSSR count). The van der Waals surface area contributed by atoms with Crippen molar-refractivity contribution < 1.29 is 9.00 Å². The van der Waals surface area contributed by atoms with Crippen molar-refractivity contribution in [3.8, 4) is 0 Å². The first kappa shape index (κ1) is 17.4. The zero-order valence-corrected chi connectivity index (χ0v) is 15.4. The van der Waals surface area contributed by atoms with Crippen LogP contribution in [0.3, 0.4) is 0 Å². The SMILES string of the molecule is CCN(C)C=Nc1ccc2c(c1)C(=O)N=S2(=O)Cc1ccc(C)cc1. The van der Waals surface area contributed by atoms with Gasteiger partial charge >= 0.3 is 0 Å². The first-order valence-corrected chi connectivity index (χ1v) is 9.83. The van der Waals surface area contributed by atoms with Crippen molar-refractivity contribution in [2.75, 3.05) is 13.6 Å². The van der Waals surface area contributed by atoms with Gasteiger partial charge in [0.1, 0.15) is 0 Å². The molecule has 5 nitrogen and oxygen atoms in total. The number of carbonyl (C=O) groups excluding carboxylic acids is 1. The number of carbonyl (C=O) groups is 1. The van der Waals surface area contributed by atoms with Crippen LogP contribution in [-0.4, -0.2) is 34.9 Å². The number of benzene rings is 2. The highest BCUT2D eigenvalue weighted by molar-refractivity contribution is 7.93. The summed E-state index contributed by atoms with van der Waals surface area (Å²) in [6.07, 6.45) is 1.71. The normalized spacial score (nSPS) is 19.1. The summed E-state index contributed by atoms with van der Waals surface area (Å²) in [6, 6.07) is 13.0. The largest absolute Gasteiger partial charge is 0.366 e. The average molecular weight is 355 g/mol. The van der Waals surface area contributed by atoms with Crippen molar-refractivity contribution in [3.05, 3.63) is 59.2 Å². The Morgan fingerprint density at radius 2 is 1.92 bits per heavy atom. The van der Waals surface area contributed by atoms with Crippen LogP contribution in [0.1, 0.15) is 28.4 Å². The number of hydrogen-bond donors (Lipinski definition) is 0. The van der Waals surface area contributed by atoms with Crippen LogP contribution in [0, 0.1) is 6.92 Å². The second-order valence-electron chi connectivity index (χ2n) is 6.17. The first-order chi connectivity index (χ1) is 11.9. The molecule has 0 N–H and O–H groups in total. The molecule has 1 aliphatic rings. The first-order valence-electron chi connectivity index (χ1n) is 8.14. The van der Waals surface area contributed by atoms with Crippen LogP contribution in [0.5, 0.6) is 0 Å². The molecule has 0 saturated heterocycles. The Morgan fingerprint density at radius 1 is 1.20 bits per heavy atom. The maximum absolute atomic E-state index is 13.3. The molecule has 0 aliphatic carbocycles. The number of hydrogen-bond acceptors (Lipinski definition) is 3. The summed E-state index contributed by atoms with van der Waals surface area (Å²) in [5, 5.41) is 0. The number of aliphatic imine (C=N–C) groups is 1. The summed E-state index contributed by atoms with van der Waals surface area (Å²) < 4.78 is 17.2. The zero-order chi connectivity index (χ0) is 18.0. The fourth-order valence-electron chi connectivity index (χ4n) is 2.54. The van der Waals surface area contributed by atoms with Crippen LogP contribution in [0.2, 0.25) is 0 Å². The van der Waals surface area contributed by atoms with Crippen LogP contribution in [-0.2, 0) is 15.5 Å². The van der Waals surface area contributed by atoms with Crippen LogP contribution in [0.25, 0.3) is 0 Å². The van der Waals surface area contributed by atoms with Gasteiger partial charge in [0, 0.05) is 13.6 Å². The molecule has 1 atom stereocenters. The van der Waals surface area contributed by atoms with E-state index in [-0.39, 0.29) is 5.75 Å². The summed E-state index contributed by atoms with van der Waals surface area (Å²) in [4.78, 5) is 19.1. The number of rotatable bonds is 5. The summed E-state index contributed by atoms with van der Waals surface area (Å²) in [7, 11) is -0.845. The standard InChI is InChI=1S/C19H21N3O2S/c1-4-22(3)13-20-16-9-10-18-17(11-16)19(23)21-25(18,24)12-15-7-5-14(2)6-8-15/h5-11,13H,4,12H2,1-3H3. The number of aryl methyl sites for hydroxylation is 1. The van der Waals surface area contributed by atoms with E-state index < -0.39 is 15.6 Å². The lowest BCUT2D eigenvalue weighted by atomic mass is 10.2. The molecule has 1 unspecified atom stereocenters. The van der Waals surface area contributed by atoms with Crippen molar-refractivity contribution in [2.45, 2.75) is 24.5 Å². The summed E-state index contributed by atoms with van der Waals surface area (Å²) in [5.74, 6) is -0.180. The lowest BCUT2D eigenvalue weighted by Crippen LogP contribution is -2.14. The summed E-state index contributed by atoms with van der Waals surface area (Å²) >= 11 is 0. The predicted molar refractivity (Wildman–Crippen MR) is 101 cm³/mol. The highest BCUT2D eigenvalue weighted by Gasteiger charge is 2.29. The highest BCUT2D eigenvalue weighted by Crippen LogP contribution is 2.32. The number of fused-ring (bicyclic) bond motifs is 1. The molecule has 6 heteroatoms. The molecule has 0 aromatic heterocycles. The van der Waals surface area contributed by atoms with E-state index in [2.05, 4.69) is 9.36 Å². The third-order valence-electron chi connectivity index (χ3n) is 4.15. The van der Waals surface area contributed by atoms with Gasteiger partial charge in [-0.1, -0.05) is 29.8 Å². The van der Waals surface area contributed by atoms with Gasteiger partial charge < -0.3 is 4.90 Å². The molecule has 0 radical (unpaired) electrons. The van der Waals surface area contributed by atoms with Crippen LogP contribution < -0.4 is 0 Å². The molecular formula is C19H21N3O2S. The van der Waals surface area contributed by atoms with E-state index in [1.165, 1.54) is 0 Å². The molecule has 0 bridgehead atoms. The van der Waals surface area contributed by atoms with Crippen molar-refractivity contribution in [1.29, 1.82) is 0 Å². The quantitative estimate of drug-likeness (QED) is 0.605. The Balaban J connectivity index is 1.93. The van der Waals surface area contributed by atoms with Gasteiger partial charge in [0.2, 0.25) is 0 Å². The maximum Gasteiger partial charge on any atom is 0.286 e. The maximum atomic E-state index is 13.3. The van der Waals surface area contributed by atoms with Gasteiger partial charge in [0.05, 0.1) is 38.0 Å². The van der Waals surface area contributed by atoms with Gasteiger partial charge in [-0.15, -0.1) is 0 Å². The summed E-state index contributed by atoms with van der Waals surface area (Å²) in [5.41, 5.74) is 3.09. The molecular weight excluding hydrogens is 334 g/mol. The summed E-state index contributed by atoms with van der Waals surface area (Å²) in [6.45, 7) is 4.87. The molecule has 1 aliphatic heterocycles. The Bertz CT molecular complexity index is 955. The van der Waals surface area contributed by atoms with E-state index in [0.717, 1.165) is 17.7 Å². The van der Waals surface area contributed by atoms with E-state index in [4.69, 9.17) is 0 Å². The topological polar surface area (TPSA) is 62.1 Å². The van der Waals surface area contributed by atoms with Crippen LogP contribution in [0.4, 0.5) is 5.69 Å². The molecule has 130 valence electrons. The molecule has 0 spiro atoms. The minimum absolute atomic E-state index is 0.243. The molecule has 1 amide bonds. The highest BCUT2D eigenvalue weighted by atomic mass is 32.2. The molecule has 2 aromatic carbocycles. The van der Waals surface area contributed by atoms with Gasteiger partial charge in [-0.2, -0.15) is 4.36 Å². The molecule has 25 heavy (non-hydrogen) atoms. The molecule has 0 saturated carbocycles. The van der Waals surface area contributed by atoms with E-state index in [1.54, 1.807) is 24.5 Å². The molecule has 1 heterocycles. The molecule has 0 fully saturated rings. The van der Waals surface area contributed by atoms with Gasteiger partial charge in [-0.3, -0.25) is 4.79 Å².